The zero-order valence-corrected chi connectivity index (χ0v) is 10.9. The fourth-order valence-electron chi connectivity index (χ4n) is 1.70. The van der Waals surface area contributed by atoms with Crippen molar-refractivity contribution in [3.05, 3.63) is 53.3 Å². The Morgan fingerprint density at radius 3 is 2.90 bits per heavy atom. The van der Waals surface area contributed by atoms with Crippen molar-refractivity contribution >= 4 is 12.1 Å². The summed E-state index contributed by atoms with van der Waals surface area (Å²) in [6, 6.07) is 6.26. The van der Waals surface area contributed by atoms with Crippen molar-refractivity contribution in [2.45, 2.75) is 13.5 Å². The third-order valence-corrected chi connectivity index (χ3v) is 2.76. The Morgan fingerprint density at radius 1 is 1.40 bits per heavy atom. The normalized spacial score (nSPS) is 10.1. The largest absolute Gasteiger partial charge is 0.507 e. The molecule has 2 aromatic rings. The summed E-state index contributed by atoms with van der Waals surface area (Å²) in [5.41, 5.74) is 1.30. The van der Waals surface area contributed by atoms with Gasteiger partial charge in [-0.05, 0) is 25.1 Å². The Bertz CT molecular complexity index is 652. The van der Waals surface area contributed by atoms with Gasteiger partial charge in [-0.3, -0.25) is 14.6 Å². The van der Waals surface area contributed by atoms with E-state index < -0.39 is 0 Å². The molecule has 0 aliphatic heterocycles. The monoisotopic (exact) mass is 271 g/mol. The number of carbonyl (C=O) groups is 2. The number of nitrogens with zero attached hydrogens (tertiary/aromatic N) is 1. The molecule has 1 aromatic heterocycles. The first-order valence-electron chi connectivity index (χ1n) is 5.96. The van der Waals surface area contributed by atoms with Crippen LogP contribution in [0.1, 0.15) is 33.2 Å². The maximum atomic E-state index is 11.3. The molecule has 1 heterocycles. The highest BCUT2D eigenvalue weighted by molar-refractivity contribution is 5.93. The number of ether oxygens (including phenoxy) is 1. The minimum absolute atomic E-state index is 0.0784. The molecule has 5 heteroatoms. The number of hydrogen-bond acceptors (Lipinski definition) is 5. The van der Waals surface area contributed by atoms with Gasteiger partial charge in [0.25, 0.3) is 0 Å². The van der Waals surface area contributed by atoms with Crippen LogP contribution in [-0.4, -0.2) is 22.2 Å². The van der Waals surface area contributed by atoms with Crippen molar-refractivity contribution in [2.24, 2.45) is 0 Å². The number of hydrogen-bond donors (Lipinski definition) is 1. The number of aromatic hydroxyl groups is 1. The van der Waals surface area contributed by atoms with Gasteiger partial charge in [-0.25, -0.2) is 0 Å². The first-order valence-corrected chi connectivity index (χ1v) is 5.96. The lowest BCUT2D eigenvalue weighted by Gasteiger charge is -2.09. The summed E-state index contributed by atoms with van der Waals surface area (Å²) in [7, 11) is 0. The van der Waals surface area contributed by atoms with Gasteiger partial charge in [0.05, 0.1) is 5.56 Å². The van der Waals surface area contributed by atoms with E-state index in [2.05, 4.69) is 4.98 Å². The maximum Gasteiger partial charge on any atom is 0.161 e. The van der Waals surface area contributed by atoms with E-state index in [9.17, 15) is 14.7 Å². The summed E-state index contributed by atoms with van der Waals surface area (Å²) >= 11 is 0. The molecule has 0 amide bonds. The number of pyridine rings is 1. The molecule has 1 N–H and O–H groups in total. The van der Waals surface area contributed by atoms with Gasteiger partial charge in [-0.15, -0.1) is 0 Å². The van der Waals surface area contributed by atoms with Crippen LogP contribution in [0.5, 0.6) is 11.5 Å². The Balaban J connectivity index is 2.17. The molecule has 0 fully saturated rings. The number of aromatic nitrogens is 1. The van der Waals surface area contributed by atoms with E-state index in [1.54, 1.807) is 24.4 Å². The van der Waals surface area contributed by atoms with Crippen LogP contribution in [0.3, 0.4) is 0 Å². The second kappa shape index (κ2) is 5.97. The Kier molecular flexibility index (Phi) is 4.10. The summed E-state index contributed by atoms with van der Waals surface area (Å²) in [5.74, 6) is 0.0756. The third-order valence-electron chi connectivity index (χ3n) is 2.76. The number of carbonyl (C=O) groups excluding carboxylic acids is 2. The Hall–Kier alpha value is -2.69. The van der Waals surface area contributed by atoms with E-state index >= 15 is 0 Å². The van der Waals surface area contributed by atoms with E-state index in [4.69, 9.17) is 4.74 Å². The van der Waals surface area contributed by atoms with Crippen LogP contribution in [0.4, 0.5) is 0 Å². The van der Waals surface area contributed by atoms with Crippen LogP contribution in [0, 0.1) is 0 Å². The van der Waals surface area contributed by atoms with Gasteiger partial charge in [0.1, 0.15) is 18.1 Å². The predicted octanol–water partition coefficient (Wildman–Crippen LogP) is 2.38. The molecule has 0 atom stereocenters. The van der Waals surface area contributed by atoms with Gasteiger partial charge >= 0.3 is 0 Å². The highest BCUT2D eigenvalue weighted by Gasteiger charge is 2.08. The highest BCUT2D eigenvalue weighted by Crippen LogP contribution is 2.26. The first-order chi connectivity index (χ1) is 9.61. The summed E-state index contributed by atoms with van der Waals surface area (Å²) < 4.78 is 5.49. The molecular weight excluding hydrogens is 258 g/mol. The number of rotatable bonds is 5. The zero-order valence-electron chi connectivity index (χ0n) is 10.9. The van der Waals surface area contributed by atoms with E-state index in [1.165, 1.54) is 19.2 Å². The van der Waals surface area contributed by atoms with Crippen molar-refractivity contribution in [1.82, 2.24) is 4.98 Å². The fourth-order valence-corrected chi connectivity index (χ4v) is 1.70. The third kappa shape index (κ3) is 3.00. The predicted molar refractivity (Wildman–Crippen MR) is 72.1 cm³/mol. The summed E-state index contributed by atoms with van der Waals surface area (Å²) in [6.07, 6.45) is 3.60. The van der Waals surface area contributed by atoms with Gasteiger partial charge in [-0.2, -0.15) is 0 Å². The van der Waals surface area contributed by atoms with Crippen LogP contribution in [0.15, 0.2) is 36.7 Å². The number of Topliss-reactive ketones (excluding diaryl/α,β-unsaturated/α-hetero) is 1. The van der Waals surface area contributed by atoms with Crippen LogP contribution in [-0.2, 0) is 6.61 Å². The van der Waals surface area contributed by atoms with Crippen molar-refractivity contribution in [1.29, 1.82) is 0 Å². The number of phenols is 1. The number of benzene rings is 1. The molecule has 0 aliphatic carbocycles. The van der Waals surface area contributed by atoms with Gasteiger partial charge in [0.15, 0.2) is 12.1 Å². The summed E-state index contributed by atoms with van der Waals surface area (Å²) in [4.78, 5) is 26.1. The lowest BCUT2D eigenvalue weighted by Crippen LogP contribution is -2.01. The summed E-state index contributed by atoms with van der Waals surface area (Å²) in [6.45, 7) is 1.61. The highest BCUT2D eigenvalue weighted by atomic mass is 16.5. The molecule has 0 radical (unpaired) electrons. The van der Waals surface area contributed by atoms with Crippen LogP contribution < -0.4 is 4.74 Å². The standard InChI is InChI=1S/C15H13NO4/c1-10(18)12-5-11(6-16-7-12)9-20-15-4-2-3-14(19)13(15)8-17/h2-8,19H,9H2,1H3. The minimum Gasteiger partial charge on any atom is -0.507 e. The van der Waals surface area contributed by atoms with Crippen LogP contribution in [0.25, 0.3) is 0 Å². The van der Waals surface area contributed by atoms with Crippen molar-refractivity contribution < 1.29 is 19.4 Å². The quantitative estimate of drug-likeness (QED) is 0.667. The molecule has 0 spiro atoms. The van der Waals surface area contributed by atoms with Crippen molar-refractivity contribution in [2.75, 3.05) is 0 Å². The van der Waals surface area contributed by atoms with E-state index in [0.717, 1.165) is 0 Å². The average Bonchev–Trinajstić information content (AvgIpc) is 2.45. The number of ketones is 1. The van der Waals surface area contributed by atoms with Crippen LogP contribution in [0.2, 0.25) is 0 Å². The number of aldehydes is 1. The Labute approximate surface area is 115 Å². The van der Waals surface area contributed by atoms with E-state index in [-0.39, 0.29) is 29.5 Å². The molecular formula is C15H13NO4. The van der Waals surface area contributed by atoms with E-state index in [0.29, 0.717) is 17.4 Å². The second-order valence-corrected chi connectivity index (χ2v) is 4.23. The fraction of sp³-hybridized carbons (Fsp3) is 0.133. The average molecular weight is 271 g/mol. The zero-order chi connectivity index (χ0) is 14.5. The minimum atomic E-state index is -0.131. The molecule has 0 unspecified atom stereocenters. The molecule has 0 saturated heterocycles. The SMILES string of the molecule is CC(=O)c1cncc(COc2cccc(O)c2C=O)c1. The molecule has 102 valence electrons. The maximum absolute atomic E-state index is 11.3. The molecule has 0 aliphatic rings. The molecule has 0 bridgehead atoms. The second-order valence-electron chi connectivity index (χ2n) is 4.23. The number of phenolic OH excluding ortho intramolecular Hbond substituents is 1. The molecule has 0 saturated carbocycles. The van der Waals surface area contributed by atoms with Crippen molar-refractivity contribution in [3.63, 3.8) is 0 Å². The van der Waals surface area contributed by atoms with Gasteiger partial charge < -0.3 is 9.84 Å². The molecule has 1 aromatic carbocycles. The van der Waals surface area contributed by atoms with Gasteiger partial charge in [0, 0.05) is 23.5 Å². The summed E-state index contributed by atoms with van der Waals surface area (Å²) in [5, 5.41) is 9.54. The smallest absolute Gasteiger partial charge is 0.161 e. The molecule has 20 heavy (non-hydrogen) atoms. The Morgan fingerprint density at radius 2 is 2.20 bits per heavy atom. The molecule has 2 rings (SSSR count). The molecule has 5 nitrogen and oxygen atoms in total. The van der Waals surface area contributed by atoms with Gasteiger partial charge in [-0.1, -0.05) is 6.07 Å². The van der Waals surface area contributed by atoms with Crippen LogP contribution >= 0.6 is 0 Å². The topological polar surface area (TPSA) is 76.5 Å². The van der Waals surface area contributed by atoms with Crippen molar-refractivity contribution in [3.8, 4) is 11.5 Å². The lowest BCUT2D eigenvalue weighted by molar-refractivity contribution is 0.101. The lowest BCUT2D eigenvalue weighted by atomic mass is 10.1. The first kappa shape index (κ1) is 13.7. The van der Waals surface area contributed by atoms with E-state index in [1.807, 2.05) is 0 Å². The van der Waals surface area contributed by atoms with Gasteiger partial charge in [0.2, 0.25) is 0 Å².